The zero-order valence-electron chi connectivity index (χ0n) is 17.7. The summed E-state index contributed by atoms with van der Waals surface area (Å²) in [5, 5.41) is 5.39. The number of amides is 2. The third-order valence-corrected chi connectivity index (χ3v) is 5.38. The van der Waals surface area contributed by atoms with Crippen LogP contribution in [0.1, 0.15) is 12.0 Å². The van der Waals surface area contributed by atoms with Gasteiger partial charge in [0.25, 0.3) is 0 Å². The van der Waals surface area contributed by atoms with Crippen LogP contribution in [-0.4, -0.2) is 44.5 Å². The maximum absolute atomic E-state index is 13.0. The minimum absolute atomic E-state index is 0.110. The summed E-state index contributed by atoms with van der Waals surface area (Å²) in [6.45, 7) is 4.57. The number of benzene rings is 2. The number of rotatable bonds is 7. The average Bonchev–Trinajstić information content (AvgIpc) is 2.80. The molecular weight excluding hydrogens is 421 g/mol. The van der Waals surface area contributed by atoms with E-state index < -0.39 is 11.7 Å². The molecule has 3 rings (SSSR count). The van der Waals surface area contributed by atoms with E-state index in [0.717, 1.165) is 23.5 Å². The lowest BCUT2D eigenvalue weighted by Gasteiger charge is -2.44. The minimum Gasteiger partial charge on any atom is -0.363 e. The minimum atomic E-state index is -4.41. The first kappa shape index (κ1) is 23.2. The van der Waals surface area contributed by atoms with Crippen LogP contribution in [0.15, 0.2) is 61.2 Å². The smallest absolute Gasteiger partial charge is 0.363 e. The molecule has 0 radical (unpaired) electrons. The van der Waals surface area contributed by atoms with Crippen molar-refractivity contribution in [3.05, 3.63) is 66.7 Å². The van der Waals surface area contributed by atoms with Crippen molar-refractivity contribution in [1.82, 2.24) is 10.6 Å². The van der Waals surface area contributed by atoms with E-state index >= 15 is 0 Å². The Kier molecular flexibility index (Phi) is 7.07. The lowest BCUT2D eigenvalue weighted by atomic mass is 10.0. The number of fused-ring (bicyclic) bond motifs is 1. The maximum Gasteiger partial charge on any atom is 0.416 e. The second-order valence-corrected chi connectivity index (χ2v) is 7.36. The number of hydrogen-bond acceptors (Lipinski definition) is 4. The second-order valence-electron chi connectivity index (χ2n) is 7.36. The summed E-state index contributed by atoms with van der Waals surface area (Å²) in [5.74, 6) is -0.433. The largest absolute Gasteiger partial charge is 0.416 e. The zero-order valence-corrected chi connectivity index (χ0v) is 17.7. The van der Waals surface area contributed by atoms with E-state index in [4.69, 9.17) is 0 Å². The third-order valence-electron chi connectivity index (χ3n) is 5.38. The normalized spacial score (nSPS) is 15.7. The summed E-state index contributed by atoms with van der Waals surface area (Å²) in [5.41, 5.74) is 1.54. The Labute approximate surface area is 184 Å². The summed E-state index contributed by atoms with van der Waals surface area (Å²) < 4.78 is 39.0. The predicted molar refractivity (Wildman–Crippen MR) is 118 cm³/mol. The van der Waals surface area contributed by atoms with Gasteiger partial charge in [-0.25, -0.2) is 0 Å². The van der Waals surface area contributed by atoms with Gasteiger partial charge in [0.1, 0.15) is 0 Å². The van der Waals surface area contributed by atoms with Crippen LogP contribution < -0.4 is 20.4 Å². The maximum atomic E-state index is 13.0. The standard InChI is InChI=1S/C23H25F3N4O2/c1-3-21(31)28-14-18-15-30(17-10-8-16(9-11-17)23(24,25)26)20-7-5-4-6-19(20)29(18)13-12-22(32)27-2/h3-11,18H,1,12-15H2,2H3,(H,27,32)(H,28,31). The number of para-hydroxylation sites is 2. The quantitative estimate of drug-likeness (QED) is 0.640. The van der Waals surface area contributed by atoms with E-state index in [1.54, 1.807) is 7.05 Å². The summed E-state index contributed by atoms with van der Waals surface area (Å²) in [6, 6.07) is 12.3. The summed E-state index contributed by atoms with van der Waals surface area (Å²) >= 11 is 0. The molecule has 0 aromatic heterocycles. The lowest BCUT2D eigenvalue weighted by molar-refractivity contribution is -0.137. The van der Waals surface area contributed by atoms with Crippen LogP contribution in [0.3, 0.4) is 0 Å². The fourth-order valence-corrected chi connectivity index (χ4v) is 3.73. The van der Waals surface area contributed by atoms with Crippen molar-refractivity contribution < 1.29 is 22.8 Å². The van der Waals surface area contributed by atoms with Crippen molar-refractivity contribution in [1.29, 1.82) is 0 Å². The number of carbonyl (C=O) groups is 2. The molecule has 1 heterocycles. The number of carbonyl (C=O) groups excluding carboxylic acids is 2. The van der Waals surface area contributed by atoms with Crippen molar-refractivity contribution in [2.45, 2.75) is 18.6 Å². The molecule has 0 bridgehead atoms. The molecule has 170 valence electrons. The second kappa shape index (κ2) is 9.76. The van der Waals surface area contributed by atoms with Gasteiger partial charge in [0.15, 0.2) is 0 Å². The monoisotopic (exact) mass is 446 g/mol. The molecule has 0 fully saturated rings. The summed E-state index contributed by atoms with van der Waals surface area (Å²) in [7, 11) is 1.57. The molecule has 2 amide bonds. The average molecular weight is 446 g/mol. The van der Waals surface area contributed by atoms with E-state index in [-0.39, 0.29) is 30.8 Å². The highest BCUT2D eigenvalue weighted by Crippen LogP contribution is 2.40. The van der Waals surface area contributed by atoms with E-state index in [0.29, 0.717) is 18.8 Å². The summed E-state index contributed by atoms with van der Waals surface area (Å²) in [4.78, 5) is 27.6. The number of halogens is 3. The molecule has 0 saturated carbocycles. The highest BCUT2D eigenvalue weighted by Gasteiger charge is 2.33. The van der Waals surface area contributed by atoms with Crippen LogP contribution in [0.2, 0.25) is 0 Å². The Bertz CT molecular complexity index is 976. The highest BCUT2D eigenvalue weighted by atomic mass is 19.4. The fourth-order valence-electron chi connectivity index (χ4n) is 3.73. The Hall–Kier alpha value is -3.49. The van der Waals surface area contributed by atoms with Crippen LogP contribution in [-0.2, 0) is 15.8 Å². The zero-order chi connectivity index (χ0) is 23.3. The van der Waals surface area contributed by atoms with Gasteiger partial charge in [-0.15, -0.1) is 0 Å². The van der Waals surface area contributed by atoms with Crippen LogP contribution in [0.25, 0.3) is 0 Å². The molecule has 2 aromatic rings. The molecule has 6 nitrogen and oxygen atoms in total. The molecule has 1 aliphatic heterocycles. The third kappa shape index (κ3) is 5.22. The lowest BCUT2D eigenvalue weighted by Crippen LogP contribution is -2.53. The van der Waals surface area contributed by atoms with Crippen LogP contribution in [0, 0.1) is 0 Å². The van der Waals surface area contributed by atoms with Crippen LogP contribution in [0.4, 0.5) is 30.2 Å². The first-order chi connectivity index (χ1) is 15.2. The molecule has 32 heavy (non-hydrogen) atoms. The highest BCUT2D eigenvalue weighted by molar-refractivity contribution is 5.87. The van der Waals surface area contributed by atoms with Crippen molar-refractivity contribution in [3.8, 4) is 0 Å². The van der Waals surface area contributed by atoms with Crippen LogP contribution >= 0.6 is 0 Å². The number of hydrogen-bond donors (Lipinski definition) is 2. The molecule has 2 aromatic carbocycles. The van der Waals surface area contributed by atoms with Crippen molar-refractivity contribution >= 4 is 28.9 Å². The van der Waals surface area contributed by atoms with Gasteiger partial charge in [0.05, 0.1) is 23.0 Å². The topological polar surface area (TPSA) is 64.7 Å². The number of nitrogens with zero attached hydrogens (tertiary/aromatic N) is 2. The Balaban J connectivity index is 1.96. The predicted octanol–water partition coefficient (Wildman–Crippen LogP) is 3.47. The van der Waals surface area contributed by atoms with E-state index in [1.807, 2.05) is 29.2 Å². The number of nitrogens with one attached hydrogen (secondary N) is 2. The molecule has 9 heteroatoms. The first-order valence-electron chi connectivity index (χ1n) is 10.2. The van der Waals surface area contributed by atoms with Gasteiger partial charge in [-0.1, -0.05) is 18.7 Å². The van der Waals surface area contributed by atoms with Gasteiger partial charge in [-0.3, -0.25) is 9.59 Å². The Morgan fingerprint density at radius 2 is 1.78 bits per heavy atom. The SMILES string of the molecule is C=CC(=O)NCC1CN(c2ccc(C(F)(F)F)cc2)c2ccccc2N1CCC(=O)NC. The molecule has 0 aliphatic carbocycles. The molecule has 1 atom stereocenters. The Morgan fingerprint density at radius 3 is 2.38 bits per heavy atom. The van der Waals surface area contributed by atoms with Gasteiger partial charge < -0.3 is 20.4 Å². The number of alkyl halides is 3. The molecule has 1 aliphatic rings. The molecule has 1 unspecified atom stereocenters. The van der Waals surface area contributed by atoms with E-state index in [2.05, 4.69) is 22.1 Å². The van der Waals surface area contributed by atoms with E-state index in [1.165, 1.54) is 18.2 Å². The molecule has 0 saturated heterocycles. The van der Waals surface area contributed by atoms with Gasteiger partial charge >= 0.3 is 6.18 Å². The van der Waals surface area contributed by atoms with Crippen molar-refractivity contribution in [3.63, 3.8) is 0 Å². The van der Waals surface area contributed by atoms with E-state index in [9.17, 15) is 22.8 Å². The molecule has 0 spiro atoms. The fraction of sp³-hybridized carbons (Fsp3) is 0.304. The molecular formula is C23H25F3N4O2. The van der Waals surface area contributed by atoms with Gasteiger partial charge in [-0.05, 0) is 42.5 Å². The Morgan fingerprint density at radius 1 is 1.12 bits per heavy atom. The summed E-state index contributed by atoms with van der Waals surface area (Å²) in [6.07, 6.45) is -2.97. The van der Waals surface area contributed by atoms with Gasteiger partial charge in [0, 0.05) is 38.8 Å². The van der Waals surface area contributed by atoms with Gasteiger partial charge in [-0.2, -0.15) is 13.2 Å². The molecule has 2 N–H and O–H groups in total. The van der Waals surface area contributed by atoms with Crippen molar-refractivity contribution in [2.75, 3.05) is 36.5 Å². The first-order valence-corrected chi connectivity index (χ1v) is 10.2. The van der Waals surface area contributed by atoms with Crippen molar-refractivity contribution in [2.24, 2.45) is 0 Å². The van der Waals surface area contributed by atoms with Gasteiger partial charge in [0.2, 0.25) is 11.8 Å². The number of anilines is 3. The van der Waals surface area contributed by atoms with Crippen LogP contribution in [0.5, 0.6) is 0 Å².